The molecule has 0 saturated heterocycles. The lowest BCUT2D eigenvalue weighted by Gasteiger charge is -2.28. The highest BCUT2D eigenvalue weighted by molar-refractivity contribution is 5.86. The third-order valence-electron chi connectivity index (χ3n) is 5.02. The molecule has 1 fully saturated rings. The van der Waals surface area contributed by atoms with Crippen LogP contribution in [0, 0.1) is 5.41 Å². The first kappa shape index (κ1) is 18.3. The van der Waals surface area contributed by atoms with Gasteiger partial charge in [-0.25, -0.2) is 0 Å². The van der Waals surface area contributed by atoms with Gasteiger partial charge >= 0.3 is 0 Å². The smallest absolute Gasteiger partial charge is 0.239 e. The molecule has 1 saturated carbocycles. The quantitative estimate of drug-likeness (QED) is 0.531. The van der Waals surface area contributed by atoms with E-state index < -0.39 is 0 Å². The summed E-state index contributed by atoms with van der Waals surface area (Å²) in [5.74, 6) is 0.664. The number of aliphatic imine (C=N–C) groups is 1. The lowest BCUT2D eigenvalue weighted by atomic mass is 9.83. The van der Waals surface area contributed by atoms with Crippen molar-refractivity contribution in [3.05, 3.63) is 35.9 Å². The Morgan fingerprint density at radius 2 is 1.83 bits per heavy atom. The fourth-order valence-electron chi connectivity index (χ4n) is 3.30. The summed E-state index contributed by atoms with van der Waals surface area (Å²) in [6.45, 7) is 3.97. The van der Waals surface area contributed by atoms with Gasteiger partial charge in [0.05, 0.1) is 6.54 Å². The van der Waals surface area contributed by atoms with E-state index in [0.29, 0.717) is 17.9 Å². The molecule has 5 heteroatoms. The van der Waals surface area contributed by atoms with E-state index in [1.807, 2.05) is 30.3 Å². The molecule has 2 rings (SSSR count). The van der Waals surface area contributed by atoms with Crippen molar-refractivity contribution in [3.8, 4) is 0 Å². The molecule has 1 aliphatic carbocycles. The van der Waals surface area contributed by atoms with Crippen LogP contribution in [0.15, 0.2) is 35.3 Å². The van der Waals surface area contributed by atoms with Crippen LogP contribution in [0.3, 0.4) is 0 Å². The minimum absolute atomic E-state index is 0.0344. The van der Waals surface area contributed by atoms with E-state index in [9.17, 15) is 4.79 Å². The van der Waals surface area contributed by atoms with Crippen LogP contribution in [-0.4, -0.2) is 32.0 Å². The minimum atomic E-state index is -0.0344. The molecule has 0 atom stereocenters. The number of guanidine groups is 1. The molecule has 0 bridgehead atoms. The van der Waals surface area contributed by atoms with Crippen molar-refractivity contribution in [2.45, 2.75) is 45.6 Å². The summed E-state index contributed by atoms with van der Waals surface area (Å²) in [6.07, 6.45) is 6.40. The van der Waals surface area contributed by atoms with E-state index in [-0.39, 0.29) is 12.5 Å². The molecule has 5 nitrogen and oxygen atoms in total. The van der Waals surface area contributed by atoms with E-state index in [0.717, 1.165) is 12.1 Å². The Balaban J connectivity index is 1.70. The van der Waals surface area contributed by atoms with E-state index in [1.54, 1.807) is 7.05 Å². The van der Waals surface area contributed by atoms with Gasteiger partial charge in [-0.05, 0) is 30.2 Å². The first-order valence-electron chi connectivity index (χ1n) is 8.92. The molecule has 1 aromatic carbocycles. The first-order valence-corrected chi connectivity index (χ1v) is 8.92. The molecule has 132 valence electrons. The Kier molecular flexibility index (Phi) is 7.09. The topological polar surface area (TPSA) is 65.5 Å². The van der Waals surface area contributed by atoms with Crippen molar-refractivity contribution in [3.63, 3.8) is 0 Å². The second-order valence-electron chi connectivity index (χ2n) is 6.60. The maximum atomic E-state index is 12.0. The molecule has 0 aromatic heterocycles. The van der Waals surface area contributed by atoms with Gasteiger partial charge in [-0.3, -0.25) is 9.79 Å². The van der Waals surface area contributed by atoms with Gasteiger partial charge in [-0.15, -0.1) is 0 Å². The van der Waals surface area contributed by atoms with Crippen molar-refractivity contribution in [2.75, 3.05) is 20.1 Å². The van der Waals surface area contributed by atoms with Crippen LogP contribution in [0.1, 0.15) is 44.6 Å². The van der Waals surface area contributed by atoms with Gasteiger partial charge < -0.3 is 16.0 Å². The monoisotopic (exact) mass is 330 g/mol. The summed E-state index contributed by atoms with van der Waals surface area (Å²) in [6, 6.07) is 9.91. The molecule has 0 aliphatic heterocycles. The predicted molar refractivity (Wildman–Crippen MR) is 98.8 cm³/mol. The zero-order valence-electron chi connectivity index (χ0n) is 14.9. The lowest BCUT2D eigenvalue weighted by Crippen LogP contribution is -2.46. The highest BCUT2D eigenvalue weighted by Crippen LogP contribution is 2.40. The maximum absolute atomic E-state index is 12.0. The van der Waals surface area contributed by atoms with Gasteiger partial charge in [-0.2, -0.15) is 0 Å². The number of rotatable bonds is 7. The first-order chi connectivity index (χ1) is 11.7. The number of benzene rings is 1. The SMILES string of the molecule is CCC1(CNC(=NC)NCC(=O)NCc2ccccc2)CCCC1. The molecule has 0 radical (unpaired) electrons. The Morgan fingerprint density at radius 3 is 2.46 bits per heavy atom. The molecule has 1 aromatic rings. The Labute approximate surface area is 145 Å². The summed E-state index contributed by atoms with van der Waals surface area (Å²) >= 11 is 0. The van der Waals surface area contributed by atoms with E-state index >= 15 is 0 Å². The molecule has 24 heavy (non-hydrogen) atoms. The van der Waals surface area contributed by atoms with Gasteiger partial charge in [-0.1, -0.05) is 50.1 Å². The standard InChI is InChI=1S/C19H30N4O/c1-3-19(11-7-8-12-19)15-23-18(20-2)22-14-17(24)21-13-16-9-5-4-6-10-16/h4-6,9-10H,3,7-8,11-15H2,1-2H3,(H,21,24)(H2,20,22,23). The van der Waals surface area contributed by atoms with Crippen LogP contribution < -0.4 is 16.0 Å². The lowest BCUT2D eigenvalue weighted by molar-refractivity contribution is -0.120. The molecule has 0 spiro atoms. The van der Waals surface area contributed by atoms with Gasteiger partial charge in [0, 0.05) is 20.1 Å². The Morgan fingerprint density at radius 1 is 1.12 bits per heavy atom. The van der Waals surface area contributed by atoms with Crippen LogP contribution >= 0.6 is 0 Å². The zero-order chi connectivity index (χ0) is 17.3. The number of carbonyl (C=O) groups excluding carboxylic acids is 1. The normalized spacial score (nSPS) is 16.7. The minimum Gasteiger partial charge on any atom is -0.356 e. The van der Waals surface area contributed by atoms with Crippen molar-refractivity contribution < 1.29 is 4.79 Å². The summed E-state index contributed by atoms with van der Waals surface area (Å²) in [4.78, 5) is 16.2. The second-order valence-corrected chi connectivity index (χ2v) is 6.60. The summed E-state index contributed by atoms with van der Waals surface area (Å²) in [7, 11) is 1.74. The largest absolute Gasteiger partial charge is 0.356 e. The number of carbonyl (C=O) groups is 1. The highest BCUT2D eigenvalue weighted by Gasteiger charge is 2.31. The third kappa shape index (κ3) is 5.55. The third-order valence-corrected chi connectivity index (χ3v) is 5.02. The van der Waals surface area contributed by atoms with E-state index in [2.05, 4.69) is 27.9 Å². The van der Waals surface area contributed by atoms with Crippen LogP contribution in [0.2, 0.25) is 0 Å². The molecular formula is C19H30N4O. The number of nitrogens with zero attached hydrogens (tertiary/aromatic N) is 1. The van der Waals surface area contributed by atoms with Crippen LogP contribution in [0.4, 0.5) is 0 Å². The van der Waals surface area contributed by atoms with Crippen molar-refractivity contribution in [2.24, 2.45) is 10.4 Å². The van der Waals surface area contributed by atoms with Crippen LogP contribution in [0.25, 0.3) is 0 Å². The average molecular weight is 330 g/mol. The average Bonchev–Trinajstić information content (AvgIpc) is 3.10. The molecular weight excluding hydrogens is 300 g/mol. The number of hydrogen-bond donors (Lipinski definition) is 3. The van der Waals surface area contributed by atoms with E-state index in [4.69, 9.17) is 0 Å². The summed E-state index contributed by atoms with van der Waals surface area (Å²) in [5, 5.41) is 9.40. The molecule has 1 aliphatic rings. The fraction of sp³-hybridized carbons (Fsp3) is 0.579. The van der Waals surface area contributed by atoms with Crippen molar-refractivity contribution in [1.82, 2.24) is 16.0 Å². The number of hydrogen-bond acceptors (Lipinski definition) is 2. The number of nitrogens with one attached hydrogen (secondary N) is 3. The molecule has 0 heterocycles. The maximum Gasteiger partial charge on any atom is 0.239 e. The van der Waals surface area contributed by atoms with Crippen LogP contribution in [-0.2, 0) is 11.3 Å². The Bertz CT molecular complexity index is 536. The zero-order valence-corrected chi connectivity index (χ0v) is 14.9. The van der Waals surface area contributed by atoms with Gasteiger partial charge in [0.1, 0.15) is 0 Å². The summed E-state index contributed by atoms with van der Waals surface area (Å²) < 4.78 is 0. The highest BCUT2D eigenvalue weighted by atomic mass is 16.1. The van der Waals surface area contributed by atoms with E-state index in [1.165, 1.54) is 32.1 Å². The second kappa shape index (κ2) is 9.30. The van der Waals surface area contributed by atoms with Gasteiger partial charge in [0.15, 0.2) is 5.96 Å². The fourth-order valence-corrected chi connectivity index (χ4v) is 3.30. The van der Waals surface area contributed by atoms with Gasteiger partial charge in [0.25, 0.3) is 0 Å². The molecule has 3 N–H and O–H groups in total. The molecule has 0 unspecified atom stereocenters. The Hall–Kier alpha value is -2.04. The van der Waals surface area contributed by atoms with Crippen molar-refractivity contribution >= 4 is 11.9 Å². The molecule has 1 amide bonds. The summed E-state index contributed by atoms with van der Waals surface area (Å²) in [5.41, 5.74) is 1.49. The number of amides is 1. The van der Waals surface area contributed by atoms with Gasteiger partial charge in [0.2, 0.25) is 5.91 Å². The predicted octanol–water partition coefficient (Wildman–Crippen LogP) is 2.44. The van der Waals surface area contributed by atoms with Crippen molar-refractivity contribution in [1.29, 1.82) is 0 Å². The van der Waals surface area contributed by atoms with Crippen LogP contribution in [0.5, 0.6) is 0 Å².